The number of hydrogen-bond donors (Lipinski definition) is 1. The van der Waals surface area contributed by atoms with Gasteiger partial charge in [-0.2, -0.15) is 5.10 Å². The van der Waals surface area contributed by atoms with Gasteiger partial charge in [-0.05, 0) is 46.3 Å². The van der Waals surface area contributed by atoms with E-state index in [1.165, 1.54) is 27.5 Å². The molecule has 0 radical (unpaired) electrons. The van der Waals surface area contributed by atoms with Crippen LogP contribution in [0.15, 0.2) is 39.9 Å². The van der Waals surface area contributed by atoms with Crippen LogP contribution in [-0.2, 0) is 4.79 Å². The highest BCUT2D eigenvalue weighted by Crippen LogP contribution is 2.37. The van der Waals surface area contributed by atoms with E-state index in [0.29, 0.717) is 38.1 Å². The zero-order valence-electron chi connectivity index (χ0n) is 14.9. The predicted octanol–water partition coefficient (Wildman–Crippen LogP) is 3.66. The molecular weight excluding hydrogens is 440 g/mol. The second-order valence-corrected chi connectivity index (χ2v) is 6.41. The van der Waals surface area contributed by atoms with Gasteiger partial charge >= 0.3 is 0 Å². The van der Waals surface area contributed by atoms with Gasteiger partial charge in [0.25, 0.3) is 5.91 Å². The van der Waals surface area contributed by atoms with Crippen molar-refractivity contribution in [2.75, 3.05) is 27.9 Å². The van der Waals surface area contributed by atoms with E-state index >= 15 is 0 Å². The van der Waals surface area contributed by atoms with Crippen molar-refractivity contribution in [3.8, 4) is 23.0 Å². The van der Waals surface area contributed by atoms with Gasteiger partial charge in [0.2, 0.25) is 5.75 Å². The SMILES string of the molecule is COc1cc(C=NNC(=O)COc2ccc(Cl)cc2Br)cc(OC)c1OC. The smallest absolute Gasteiger partial charge is 0.277 e. The Morgan fingerprint density at radius 1 is 1.11 bits per heavy atom. The first-order valence-corrected chi connectivity index (χ1v) is 8.85. The number of hydrogen-bond acceptors (Lipinski definition) is 6. The van der Waals surface area contributed by atoms with Crippen LogP contribution in [0.3, 0.4) is 0 Å². The molecule has 0 heterocycles. The summed E-state index contributed by atoms with van der Waals surface area (Å²) in [7, 11) is 4.56. The zero-order chi connectivity index (χ0) is 19.8. The van der Waals surface area contributed by atoms with Crippen LogP contribution in [-0.4, -0.2) is 40.1 Å². The molecule has 27 heavy (non-hydrogen) atoms. The average molecular weight is 458 g/mol. The molecular formula is C18H18BrClN2O5. The molecule has 9 heteroatoms. The first-order valence-electron chi connectivity index (χ1n) is 7.68. The van der Waals surface area contributed by atoms with Crippen molar-refractivity contribution in [3.05, 3.63) is 45.4 Å². The standard InChI is InChI=1S/C18H18BrClN2O5/c1-24-15-6-11(7-16(25-2)18(15)26-3)9-21-22-17(23)10-27-14-5-4-12(20)8-13(14)19/h4-9H,10H2,1-3H3,(H,22,23). The van der Waals surface area contributed by atoms with Crippen molar-refractivity contribution in [1.82, 2.24) is 5.43 Å². The minimum Gasteiger partial charge on any atom is -0.493 e. The van der Waals surface area contributed by atoms with Crippen molar-refractivity contribution in [1.29, 1.82) is 0 Å². The molecule has 0 aromatic heterocycles. The summed E-state index contributed by atoms with van der Waals surface area (Å²) in [6.45, 7) is -0.202. The van der Waals surface area contributed by atoms with Crippen molar-refractivity contribution >= 4 is 39.7 Å². The third-order valence-electron chi connectivity index (χ3n) is 3.34. The fourth-order valence-corrected chi connectivity index (χ4v) is 2.92. The predicted molar refractivity (Wildman–Crippen MR) is 106 cm³/mol. The summed E-state index contributed by atoms with van der Waals surface area (Å²) in [5.74, 6) is 1.54. The van der Waals surface area contributed by atoms with Crippen LogP contribution < -0.4 is 24.4 Å². The molecule has 0 aliphatic heterocycles. The Balaban J connectivity index is 1.97. The minimum absolute atomic E-state index is 0.202. The number of nitrogens with zero attached hydrogens (tertiary/aromatic N) is 1. The summed E-state index contributed by atoms with van der Waals surface area (Å²) in [4.78, 5) is 11.9. The van der Waals surface area contributed by atoms with E-state index in [-0.39, 0.29) is 6.61 Å². The summed E-state index contributed by atoms with van der Waals surface area (Å²) >= 11 is 9.17. The van der Waals surface area contributed by atoms with Crippen molar-refractivity contribution in [3.63, 3.8) is 0 Å². The minimum atomic E-state index is -0.416. The number of rotatable bonds is 8. The summed E-state index contributed by atoms with van der Waals surface area (Å²) in [5, 5.41) is 4.47. The van der Waals surface area contributed by atoms with Gasteiger partial charge in [0.05, 0.1) is 32.0 Å². The highest BCUT2D eigenvalue weighted by Gasteiger charge is 2.12. The Hall–Kier alpha value is -2.45. The summed E-state index contributed by atoms with van der Waals surface area (Å²) in [5.41, 5.74) is 3.05. The number of hydrazone groups is 1. The van der Waals surface area contributed by atoms with Crippen molar-refractivity contribution < 1.29 is 23.7 Å². The number of methoxy groups -OCH3 is 3. The van der Waals surface area contributed by atoms with Crippen LogP contribution in [0.1, 0.15) is 5.56 Å². The Morgan fingerprint density at radius 2 is 1.78 bits per heavy atom. The first-order chi connectivity index (χ1) is 13.0. The molecule has 0 unspecified atom stereocenters. The lowest BCUT2D eigenvalue weighted by Gasteiger charge is -2.12. The van der Waals surface area contributed by atoms with Crippen LogP contribution in [0.4, 0.5) is 0 Å². The Labute approximate surface area is 170 Å². The van der Waals surface area contributed by atoms with Gasteiger partial charge in [-0.25, -0.2) is 5.43 Å². The summed E-state index contributed by atoms with van der Waals surface area (Å²) < 4.78 is 21.9. The quantitative estimate of drug-likeness (QED) is 0.483. The Kier molecular flexibility index (Phi) is 7.75. The molecule has 0 aliphatic carbocycles. The fraction of sp³-hybridized carbons (Fsp3) is 0.222. The first kappa shape index (κ1) is 20.9. The van der Waals surface area contributed by atoms with E-state index in [0.717, 1.165) is 0 Å². The summed E-state index contributed by atoms with van der Waals surface area (Å²) in [6.07, 6.45) is 1.46. The van der Waals surface area contributed by atoms with Gasteiger partial charge in [0.15, 0.2) is 18.1 Å². The van der Waals surface area contributed by atoms with Crippen molar-refractivity contribution in [2.45, 2.75) is 0 Å². The molecule has 0 saturated carbocycles. The van der Waals surface area contributed by atoms with Crippen LogP contribution in [0, 0.1) is 0 Å². The van der Waals surface area contributed by atoms with Crippen LogP contribution >= 0.6 is 27.5 Å². The molecule has 0 spiro atoms. The maximum absolute atomic E-state index is 11.9. The number of amides is 1. The molecule has 2 rings (SSSR count). The van der Waals surface area contributed by atoms with Crippen LogP contribution in [0.25, 0.3) is 0 Å². The molecule has 2 aromatic rings. The van der Waals surface area contributed by atoms with Gasteiger partial charge in [0, 0.05) is 10.6 Å². The molecule has 1 amide bonds. The molecule has 0 bridgehead atoms. The third-order valence-corrected chi connectivity index (χ3v) is 4.20. The van der Waals surface area contributed by atoms with E-state index in [1.54, 1.807) is 30.3 Å². The molecule has 0 aliphatic rings. The Morgan fingerprint density at radius 3 is 2.33 bits per heavy atom. The maximum Gasteiger partial charge on any atom is 0.277 e. The van der Waals surface area contributed by atoms with Gasteiger partial charge in [-0.3, -0.25) is 4.79 Å². The van der Waals surface area contributed by atoms with Crippen LogP contribution in [0.2, 0.25) is 5.02 Å². The molecule has 0 saturated heterocycles. The number of carbonyl (C=O) groups excluding carboxylic acids is 1. The van der Waals surface area contributed by atoms with Gasteiger partial charge < -0.3 is 18.9 Å². The van der Waals surface area contributed by atoms with Crippen LogP contribution in [0.5, 0.6) is 23.0 Å². The number of ether oxygens (including phenoxy) is 4. The van der Waals surface area contributed by atoms with Gasteiger partial charge in [-0.15, -0.1) is 0 Å². The highest BCUT2D eigenvalue weighted by molar-refractivity contribution is 9.10. The van der Waals surface area contributed by atoms with E-state index < -0.39 is 5.91 Å². The van der Waals surface area contributed by atoms with Gasteiger partial charge in [-0.1, -0.05) is 11.6 Å². The topological polar surface area (TPSA) is 78.4 Å². The lowest BCUT2D eigenvalue weighted by molar-refractivity contribution is -0.123. The molecule has 144 valence electrons. The number of nitrogens with one attached hydrogen (secondary N) is 1. The second kappa shape index (κ2) is 10.0. The normalized spacial score (nSPS) is 10.6. The zero-order valence-corrected chi connectivity index (χ0v) is 17.3. The largest absolute Gasteiger partial charge is 0.493 e. The lowest BCUT2D eigenvalue weighted by atomic mass is 10.2. The lowest BCUT2D eigenvalue weighted by Crippen LogP contribution is -2.24. The highest BCUT2D eigenvalue weighted by atomic mass is 79.9. The fourth-order valence-electron chi connectivity index (χ4n) is 2.12. The average Bonchev–Trinajstić information content (AvgIpc) is 2.66. The van der Waals surface area contributed by atoms with E-state index in [2.05, 4.69) is 26.5 Å². The Bertz CT molecular complexity index is 819. The van der Waals surface area contributed by atoms with E-state index in [1.807, 2.05) is 0 Å². The molecule has 0 fully saturated rings. The third kappa shape index (κ3) is 5.77. The summed E-state index contributed by atoms with van der Waals surface area (Å²) in [6, 6.07) is 8.43. The molecule has 1 N–H and O–H groups in total. The maximum atomic E-state index is 11.9. The van der Waals surface area contributed by atoms with Crippen molar-refractivity contribution in [2.24, 2.45) is 5.10 Å². The van der Waals surface area contributed by atoms with Gasteiger partial charge in [0.1, 0.15) is 5.75 Å². The molecule has 2 aromatic carbocycles. The van der Waals surface area contributed by atoms with E-state index in [4.69, 9.17) is 30.5 Å². The monoisotopic (exact) mass is 456 g/mol. The molecule has 7 nitrogen and oxygen atoms in total. The number of benzene rings is 2. The second-order valence-electron chi connectivity index (χ2n) is 5.12. The van der Waals surface area contributed by atoms with E-state index in [9.17, 15) is 4.79 Å². The molecule has 0 atom stereocenters. The number of carbonyl (C=O) groups is 1. The number of halogens is 2.